The molecule has 0 bridgehead atoms. The van der Waals surface area contributed by atoms with E-state index in [0.717, 1.165) is 12.5 Å². The number of hydrogen-bond donors (Lipinski definition) is 2. The Hall–Kier alpha value is -0.0800. The van der Waals surface area contributed by atoms with Crippen molar-refractivity contribution in [1.29, 1.82) is 0 Å². The second kappa shape index (κ2) is 6.02. The van der Waals surface area contributed by atoms with Crippen LogP contribution in [0.4, 0.5) is 0 Å². The van der Waals surface area contributed by atoms with Crippen molar-refractivity contribution in [1.82, 2.24) is 5.32 Å². The van der Waals surface area contributed by atoms with Crippen LogP contribution in [0.25, 0.3) is 0 Å². The van der Waals surface area contributed by atoms with Crippen LogP contribution in [-0.2, 0) is 0 Å². The fraction of sp³-hybridized carbons (Fsp3) is 1.00. The largest absolute Gasteiger partial charge is 0.330 e. The van der Waals surface area contributed by atoms with E-state index in [1.807, 2.05) is 0 Å². The van der Waals surface area contributed by atoms with Gasteiger partial charge >= 0.3 is 0 Å². The Bertz CT molecular complexity index is 191. The molecule has 2 aliphatic rings. The highest BCUT2D eigenvalue weighted by Gasteiger charge is 2.39. The number of hydrogen-bond acceptors (Lipinski definition) is 2. The van der Waals surface area contributed by atoms with Gasteiger partial charge in [0, 0.05) is 0 Å². The summed E-state index contributed by atoms with van der Waals surface area (Å²) in [6.45, 7) is 3.35. The molecule has 0 atom stereocenters. The van der Waals surface area contributed by atoms with Crippen LogP contribution in [0.2, 0.25) is 0 Å². The normalized spacial score (nSPS) is 26.8. The molecule has 0 aromatic heterocycles. The smallest absolute Gasteiger partial charge is 0.00435 e. The Balaban J connectivity index is 1.99. The molecule has 2 heteroatoms. The van der Waals surface area contributed by atoms with E-state index in [0.29, 0.717) is 5.41 Å². The predicted octanol–water partition coefficient (Wildman–Crippen LogP) is 2.68. The highest BCUT2D eigenvalue weighted by Crippen LogP contribution is 2.47. The average molecular weight is 224 g/mol. The molecule has 1 saturated carbocycles. The third-order valence-corrected chi connectivity index (χ3v) is 4.95. The molecular weight excluding hydrogens is 196 g/mol. The van der Waals surface area contributed by atoms with E-state index in [1.165, 1.54) is 70.9 Å². The second-order valence-electron chi connectivity index (χ2n) is 5.84. The molecule has 0 aromatic carbocycles. The van der Waals surface area contributed by atoms with Gasteiger partial charge in [0.2, 0.25) is 0 Å². The van der Waals surface area contributed by atoms with Crippen LogP contribution in [-0.4, -0.2) is 19.6 Å². The first kappa shape index (κ1) is 12.4. The van der Waals surface area contributed by atoms with E-state index in [4.69, 9.17) is 5.73 Å². The van der Waals surface area contributed by atoms with Gasteiger partial charge in [-0.15, -0.1) is 0 Å². The van der Waals surface area contributed by atoms with Gasteiger partial charge in [-0.05, 0) is 69.5 Å². The van der Waals surface area contributed by atoms with E-state index in [-0.39, 0.29) is 0 Å². The van der Waals surface area contributed by atoms with Crippen molar-refractivity contribution in [3.63, 3.8) is 0 Å². The summed E-state index contributed by atoms with van der Waals surface area (Å²) in [5.41, 5.74) is 6.38. The number of rotatable bonds is 4. The first-order chi connectivity index (χ1) is 7.87. The molecular formula is C14H28N2. The van der Waals surface area contributed by atoms with Gasteiger partial charge in [0.15, 0.2) is 0 Å². The minimum absolute atomic E-state index is 0.658. The predicted molar refractivity (Wildman–Crippen MR) is 69.4 cm³/mol. The van der Waals surface area contributed by atoms with E-state index in [1.54, 1.807) is 0 Å². The highest BCUT2D eigenvalue weighted by atomic mass is 14.9. The van der Waals surface area contributed by atoms with Crippen molar-refractivity contribution < 1.29 is 0 Å². The van der Waals surface area contributed by atoms with Gasteiger partial charge in [-0.1, -0.05) is 19.3 Å². The lowest BCUT2D eigenvalue weighted by atomic mass is 9.62. The fourth-order valence-corrected chi connectivity index (χ4v) is 3.96. The molecule has 2 fully saturated rings. The van der Waals surface area contributed by atoms with Gasteiger partial charge in [0.05, 0.1) is 0 Å². The Labute approximate surface area is 100 Å². The summed E-state index contributed by atoms with van der Waals surface area (Å²) in [5, 5.41) is 3.52. The molecule has 1 aliphatic carbocycles. The van der Waals surface area contributed by atoms with E-state index < -0.39 is 0 Å². The maximum atomic E-state index is 5.72. The summed E-state index contributed by atoms with van der Waals surface area (Å²) < 4.78 is 0. The lowest BCUT2D eigenvalue weighted by Gasteiger charge is -2.46. The zero-order valence-electron chi connectivity index (χ0n) is 10.6. The minimum Gasteiger partial charge on any atom is -0.330 e. The maximum Gasteiger partial charge on any atom is -0.00435 e. The quantitative estimate of drug-likeness (QED) is 0.770. The van der Waals surface area contributed by atoms with E-state index >= 15 is 0 Å². The lowest BCUT2D eigenvalue weighted by Crippen LogP contribution is -2.42. The zero-order valence-corrected chi connectivity index (χ0v) is 10.6. The van der Waals surface area contributed by atoms with Crippen LogP contribution in [0.3, 0.4) is 0 Å². The van der Waals surface area contributed by atoms with Crippen LogP contribution in [0, 0.1) is 11.3 Å². The van der Waals surface area contributed by atoms with Gasteiger partial charge in [0.1, 0.15) is 0 Å². The summed E-state index contributed by atoms with van der Waals surface area (Å²) in [4.78, 5) is 0. The van der Waals surface area contributed by atoms with E-state index in [2.05, 4.69) is 5.32 Å². The van der Waals surface area contributed by atoms with Crippen LogP contribution in [0.15, 0.2) is 0 Å². The molecule has 94 valence electrons. The van der Waals surface area contributed by atoms with Crippen molar-refractivity contribution in [3.05, 3.63) is 0 Å². The van der Waals surface area contributed by atoms with E-state index in [9.17, 15) is 0 Å². The van der Waals surface area contributed by atoms with Gasteiger partial charge in [0.25, 0.3) is 0 Å². The summed E-state index contributed by atoms with van der Waals surface area (Å²) in [6, 6.07) is 0. The summed E-state index contributed by atoms with van der Waals surface area (Å²) in [6.07, 6.45) is 12.8. The van der Waals surface area contributed by atoms with Crippen molar-refractivity contribution in [2.24, 2.45) is 17.1 Å². The van der Waals surface area contributed by atoms with Crippen molar-refractivity contribution in [3.8, 4) is 0 Å². The molecule has 1 aliphatic heterocycles. The molecule has 0 unspecified atom stereocenters. The third-order valence-electron chi connectivity index (χ3n) is 4.95. The maximum absolute atomic E-state index is 5.72. The molecule has 3 N–H and O–H groups in total. The monoisotopic (exact) mass is 224 g/mol. The van der Waals surface area contributed by atoms with Crippen molar-refractivity contribution in [2.45, 2.75) is 57.8 Å². The molecule has 0 radical (unpaired) electrons. The molecule has 2 nitrogen and oxygen atoms in total. The standard InChI is InChI=1S/C14H28N2/c15-10-4-7-14(8-11-16-12-9-14)13-5-2-1-3-6-13/h13,16H,1-12,15H2. The SMILES string of the molecule is NCCCC1(C2CCCCC2)CCNCC1. The number of piperidine rings is 1. The molecule has 2 rings (SSSR count). The van der Waals surface area contributed by atoms with Crippen LogP contribution >= 0.6 is 0 Å². The minimum atomic E-state index is 0.658. The molecule has 0 aromatic rings. The lowest BCUT2D eigenvalue weighted by molar-refractivity contribution is 0.0634. The summed E-state index contributed by atoms with van der Waals surface area (Å²) in [7, 11) is 0. The topological polar surface area (TPSA) is 38.0 Å². The van der Waals surface area contributed by atoms with Gasteiger partial charge in [-0.25, -0.2) is 0 Å². The summed E-state index contributed by atoms with van der Waals surface area (Å²) in [5.74, 6) is 1.01. The zero-order chi connectivity index (χ0) is 11.3. The first-order valence-electron chi connectivity index (χ1n) is 7.28. The molecule has 0 spiro atoms. The van der Waals surface area contributed by atoms with Crippen LogP contribution in [0.1, 0.15) is 57.8 Å². The Morgan fingerprint density at radius 1 is 1.06 bits per heavy atom. The molecule has 1 saturated heterocycles. The molecule has 0 amide bonds. The Kier molecular flexibility index (Phi) is 4.66. The van der Waals surface area contributed by atoms with Crippen LogP contribution < -0.4 is 11.1 Å². The van der Waals surface area contributed by atoms with Gasteiger partial charge in [-0.2, -0.15) is 0 Å². The Morgan fingerprint density at radius 2 is 1.75 bits per heavy atom. The van der Waals surface area contributed by atoms with Gasteiger partial charge in [-0.3, -0.25) is 0 Å². The molecule has 1 heterocycles. The fourth-order valence-electron chi connectivity index (χ4n) is 3.96. The Morgan fingerprint density at radius 3 is 2.38 bits per heavy atom. The van der Waals surface area contributed by atoms with Crippen molar-refractivity contribution >= 4 is 0 Å². The highest BCUT2D eigenvalue weighted by molar-refractivity contribution is 4.91. The first-order valence-corrected chi connectivity index (χ1v) is 7.28. The summed E-state index contributed by atoms with van der Waals surface area (Å²) >= 11 is 0. The van der Waals surface area contributed by atoms with Crippen LogP contribution in [0.5, 0.6) is 0 Å². The number of nitrogens with one attached hydrogen (secondary N) is 1. The third kappa shape index (κ3) is 2.78. The second-order valence-corrected chi connectivity index (χ2v) is 5.84. The van der Waals surface area contributed by atoms with Gasteiger partial charge < -0.3 is 11.1 Å². The van der Waals surface area contributed by atoms with Crippen molar-refractivity contribution in [2.75, 3.05) is 19.6 Å². The number of nitrogens with two attached hydrogens (primary N) is 1. The molecule has 16 heavy (non-hydrogen) atoms. The average Bonchev–Trinajstić information content (AvgIpc) is 2.38.